The predicted octanol–water partition coefficient (Wildman–Crippen LogP) is 3.08. The van der Waals surface area contributed by atoms with Crippen molar-refractivity contribution in [3.63, 3.8) is 0 Å². The zero-order valence-corrected chi connectivity index (χ0v) is 14.1. The van der Waals surface area contributed by atoms with Gasteiger partial charge in [0.1, 0.15) is 11.2 Å². The number of aliphatic hydroxyl groups excluding tert-OH is 1. The van der Waals surface area contributed by atoms with E-state index in [0.29, 0.717) is 23.7 Å². The molecule has 2 saturated carbocycles. The normalized spacial score (nSPS) is 57.3. The van der Waals surface area contributed by atoms with E-state index in [-0.39, 0.29) is 30.0 Å². The Labute approximate surface area is 133 Å². The van der Waals surface area contributed by atoms with Gasteiger partial charge < -0.3 is 9.84 Å². The zero-order valence-electron chi connectivity index (χ0n) is 14.1. The molecule has 8 atom stereocenters. The molecule has 5 rings (SSSR count). The van der Waals surface area contributed by atoms with Crippen LogP contribution in [0.1, 0.15) is 59.3 Å². The van der Waals surface area contributed by atoms with Crippen LogP contribution in [0.25, 0.3) is 0 Å². The van der Waals surface area contributed by atoms with Crippen molar-refractivity contribution in [1.29, 1.82) is 0 Å². The minimum atomic E-state index is -0.251. The van der Waals surface area contributed by atoms with Crippen LogP contribution in [0, 0.1) is 23.7 Å². The highest BCUT2D eigenvalue weighted by Gasteiger charge is 2.67. The van der Waals surface area contributed by atoms with Gasteiger partial charge in [0, 0.05) is 13.0 Å². The maximum Gasteiger partial charge on any atom is 0.136 e. The van der Waals surface area contributed by atoms with Gasteiger partial charge in [-0.15, -0.1) is 0 Å². The molecule has 3 heterocycles. The van der Waals surface area contributed by atoms with Gasteiger partial charge in [0.15, 0.2) is 0 Å². The second-order valence-electron chi connectivity index (χ2n) is 8.52. The summed E-state index contributed by atoms with van der Waals surface area (Å²) >= 11 is 0. The molecule has 3 aliphatic heterocycles. The van der Waals surface area contributed by atoms with Crippen molar-refractivity contribution in [1.82, 2.24) is 0 Å². The van der Waals surface area contributed by atoms with Gasteiger partial charge in [0.2, 0.25) is 0 Å². The third-order valence-corrected chi connectivity index (χ3v) is 7.24. The lowest BCUT2D eigenvalue weighted by Crippen LogP contribution is -2.69. The molecule has 0 amide bonds. The van der Waals surface area contributed by atoms with Crippen molar-refractivity contribution in [2.45, 2.75) is 82.7 Å². The summed E-state index contributed by atoms with van der Waals surface area (Å²) in [5.74, 6) is 2.13. The van der Waals surface area contributed by atoms with E-state index in [2.05, 4.69) is 20.8 Å². The second kappa shape index (κ2) is 5.17. The molecule has 5 fully saturated rings. The zero-order chi connectivity index (χ0) is 15.5. The summed E-state index contributed by atoms with van der Waals surface area (Å²) in [6.45, 7) is 7.03. The third kappa shape index (κ3) is 1.97. The van der Waals surface area contributed by atoms with Crippen molar-refractivity contribution in [2.75, 3.05) is 6.61 Å². The van der Waals surface area contributed by atoms with E-state index in [1.807, 2.05) is 0 Å². The maximum absolute atomic E-state index is 9.40. The van der Waals surface area contributed by atoms with E-state index in [9.17, 15) is 5.11 Å². The predicted molar refractivity (Wildman–Crippen MR) is 82.1 cm³/mol. The molecule has 0 aromatic heterocycles. The highest BCUT2D eigenvalue weighted by molar-refractivity contribution is 5.13. The third-order valence-electron chi connectivity index (χ3n) is 7.24. The first-order chi connectivity index (χ1) is 10.5. The van der Waals surface area contributed by atoms with Gasteiger partial charge >= 0.3 is 0 Å². The molecule has 3 saturated heterocycles. The molecular formula is C18H30O4. The van der Waals surface area contributed by atoms with Crippen LogP contribution in [0.3, 0.4) is 0 Å². The van der Waals surface area contributed by atoms with Gasteiger partial charge in [-0.25, -0.2) is 9.78 Å². The Bertz CT molecular complexity index is 441. The molecule has 126 valence electrons. The average molecular weight is 310 g/mol. The summed E-state index contributed by atoms with van der Waals surface area (Å²) in [4.78, 5) is 12.2. The molecule has 1 spiro atoms. The average Bonchev–Trinajstić information content (AvgIpc) is 2.71. The first-order valence-corrected chi connectivity index (χ1v) is 9.13. The Balaban J connectivity index is 1.75. The van der Waals surface area contributed by atoms with Crippen molar-refractivity contribution in [3.05, 3.63) is 0 Å². The van der Waals surface area contributed by atoms with Crippen LogP contribution in [0.2, 0.25) is 0 Å². The summed E-state index contributed by atoms with van der Waals surface area (Å²) in [6.07, 6.45) is 6.68. The molecule has 4 heteroatoms. The Morgan fingerprint density at radius 1 is 1.09 bits per heavy atom. The van der Waals surface area contributed by atoms with Gasteiger partial charge in [-0.1, -0.05) is 13.8 Å². The molecule has 22 heavy (non-hydrogen) atoms. The van der Waals surface area contributed by atoms with Crippen LogP contribution in [0.4, 0.5) is 0 Å². The number of rotatable bonds is 2. The van der Waals surface area contributed by atoms with Crippen molar-refractivity contribution in [3.8, 4) is 0 Å². The second-order valence-corrected chi connectivity index (χ2v) is 8.52. The van der Waals surface area contributed by atoms with Crippen molar-refractivity contribution < 1.29 is 19.6 Å². The number of hydrogen-bond acceptors (Lipinski definition) is 4. The molecule has 0 aromatic rings. The molecule has 2 bridgehead atoms. The molecule has 5 aliphatic rings. The van der Waals surface area contributed by atoms with Crippen LogP contribution in [-0.2, 0) is 14.5 Å². The summed E-state index contributed by atoms with van der Waals surface area (Å²) in [5, 5.41) is 9.40. The first-order valence-electron chi connectivity index (χ1n) is 9.13. The van der Waals surface area contributed by atoms with Gasteiger partial charge in [0.25, 0.3) is 0 Å². The number of aliphatic hydroxyl groups is 1. The summed E-state index contributed by atoms with van der Waals surface area (Å²) in [7, 11) is 0. The smallest absolute Gasteiger partial charge is 0.136 e. The monoisotopic (exact) mass is 310 g/mol. The lowest BCUT2D eigenvalue weighted by molar-refractivity contribution is -0.487. The van der Waals surface area contributed by atoms with Gasteiger partial charge in [-0.2, -0.15) is 0 Å². The lowest BCUT2D eigenvalue weighted by Gasteiger charge is -2.61. The van der Waals surface area contributed by atoms with Crippen molar-refractivity contribution >= 4 is 0 Å². The SMILES string of the molecule is C[C@H]1[C@@H](CCO)O[C@H]2C[C@]3(C)CC[C@H]4[C@H](C)CC[C@@H]1[C@@]24OO3. The standard InChI is InChI=1S/C18H30O4/c1-11-4-5-14-12(2)15(7-9-19)20-16-10-17(3)8-6-13(11)18(14,16)22-21-17/h11-16,19H,4-10H2,1-3H3/t11-,12-,13+,14+,15-,16+,17+,18-/m1/s1. The Morgan fingerprint density at radius 2 is 1.91 bits per heavy atom. The van der Waals surface area contributed by atoms with Gasteiger partial charge in [-0.3, -0.25) is 0 Å². The summed E-state index contributed by atoms with van der Waals surface area (Å²) < 4.78 is 6.53. The Morgan fingerprint density at radius 3 is 2.68 bits per heavy atom. The molecule has 1 N–H and O–H groups in total. The molecule has 0 radical (unpaired) electrons. The van der Waals surface area contributed by atoms with Gasteiger partial charge in [-0.05, 0) is 62.7 Å². The quantitative estimate of drug-likeness (QED) is 0.796. The molecule has 4 nitrogen and oxygen atoms in total. The minimum Gasteiger partial charge on any atom is -0.396 e. The van der Waals surface area contributed by atoms with E-state index in [0.717, 1.165) is 19.3 Å². The van der Waals surface area contributed by atoms with E-state index in [1.54, 1.807) is 0 Å². The van der Waals surface area contributed by atoms with E-state index < -0.39 is 0 Å². The first kappa shape index (κ1) is 15.4. The number of hydrogen-bond donors (Lipinski definition) is 1. The van der Waals surface area contributed by atoms with Crippen LogP contribution < -0.4 is 0 Å². The maximum atomic E-state index is 9.40. The number of ether oxygens (including phenoxy) is 1. The topological polar surface area (TPSA) is 47.9 Å². The van der Waals surface area contributed by atoms with Crippen LogP contribution >= 0.6 is 0 Å². The van der Waals surface area contributed by atoms with E-state index >= 15 is 0 Å². The molecular weight excluding hydrogens is 280 g/mol. The summed E-state index contributed by atoms with van der Waals surface area (Å²) in [6, 6.07) is 0. The van der Waals surface area contributed by atoms with E-state index in [1.165, 1.54) is 19.3 Å². The fourth-order valence-electron chi connectivity index (χ4n) is 6.00. The minimum absolute atomic E-state index is 0.124. The van der Waals surface area contributed by atoms with Crippen LogP contribution in [0.5, 0.6) is 0 Å². The molecule has 0 unspecified atom stereocenters. The molecule has 2 aliphatic carbocycles. The van der Waals surface area contributed by atoms with Crippen molar-refractivity contribution in [2.24, 2.45) is 23.7 Å². The fourth-order valence-corrected chi connectivity index (χ4v) is 6.00. The molecule has 0 aromatic carbocycles. The van der Waals surface area contributed by atoms with E-state index in [4.69, 9.17) is 14.5 Å². The lowest BCUT2D eigenvalue weighted by atomic mass is 9.56. The highest BCUT2D eigenvalue weighted by Crippen LogP contribution is 2.61. The van der Waals surface area contributed by atoms with Crippen LogP contribution in [0.15, 0.2) is 0 Å². The highest BCUT2D eigenvalue weighted by atomic mass is 17.2. The summed E-state index contributed by atoms with van der Waals surface area (Å²) in [5.41, 5.74) is -0.457. The Hall–Kier alpha value is -0.160. The van der Waals surface area contributed by atoms with Gasteiger partial charge in [0.05, 0.1) is 12.2 Å². The van der Waals surface area contributed by atoms with Crippen LogP contribution in [-0.4, -0.2) is 35.1 Å². The largest absolute Gasteiger partial charge is 0.396 e. The fraction of sp³-hybridized carbons (Fsp3) is 1.00. The Kier molecular flexibility index (Phi) is 3.61. The number of fused-ring (bicyclic) bond motifs is 2.